The molecule has 4 nitrogen and oxygen atoms in total. The third kappa shape index (κ3) is 2.63. The number of rotatable bonds is 2. The van der Waals surface area contributed by atoms with Crippen LogP contribution >= 0.6 is 0 Å². The van der Waals surface area contributed by atoms with E-state index in [9.17, 15) is 0 Å². The largest absolute Gasteiger partial charge is 0.358 e. The van der Waals surface area contributed by atoms with Crippen LogP contribution in [-0.2, 0) is 0 Å². The molecular formula is C27H30N4. The first kappa shape index (κ1) is 18.7. The average molecular weight is 411 g/mol. The quantitative estimate of drug-likeness (QED) is 0.329. The van der Waals surface area contributed by atoms with Crippen molar-refractivity contribution < 1.29 is 0 Å². The Morgan fingerprint density at radius 1 is 0.935 bits per heavy atom. The first-order valence-corrected chi connectivity index (χ1v) is 11.6. The molecule has 31 heavy (non-hydrogen) atoms. The van der Waals surface area contributed by atoms with Crippen LogP contribution in [0.25, 0.3) is 38.3 Å². The standard InChI is InChI=1S/C27H30N4/c1-16-26(22-12-8-9-13-23(22)28-16)20-14-24-27-19(4)31(21-10-6-5-7-11-21)18(3)25(27)17(2)29-30(24)15-20/h8-9,12-15,21,28H,5-7,10-11H2,1-4H3. The third-order valence-electron chi connectivity index (χ3n) is 7.49. The second kappa shape index (κ2) is 6.74. The van der Waals surface area contributed by atoms with Crippen molar-refractivity contribution in [2.45, 2.75) is 65.8 Å². The van der Waals surface area contributed by atoms with Gasteiger partial charge in [0.2, 0.25) is 0 Å². The van der Waals surface area contributed by atoms with Crippen molar-refractivity contribution in [2.24, 2.45) is 0 Å². The van der Waals surface area contributed by atoms with Crippen molar-refractivity contribution in [1.29, 1.82) is 0 Å². The van der Waals surface area contributed by atoms with Gasteiger partial charge in [-0.3, -0.25) is 0 Å². The zero-order valence-electron chi connectivity index (χ0n) is 18.9. The highest BCUT2D eigenvalue weighted by Gasteiger charge is 2.24. The highest BCUT2D eigenvalue weighted by molar-refractivity contribution is 6.04. The summed E-state index contributed by atoms with van der Waals surface area (Å²) in [6, 6.07) is 11.5. The summed E-state index contributed by atoms with van der Waals surface area (Å²) in [6.07, 6.45) is 8.88. The molecule has 6 rings (SSSR count). The van der Waals surface area contributed by atoms with Gasteiger partial charge in [0.25, 0.3) is 0 Å². The summed E-state index contributed by atoms with van der Waals surface area (Å²) in [4.78, 5) is 3.55. The van der Waals surface area contributed by atoms with Crippen LogP contribution in [0.3, 0.4) is 0 Å². The van der Waals surface area contributed by atoms with E-state index in [-0.39, 0.29) is 0 Å². The summed E-state index contributed by atoms with van der Waals surface area (Å²) >= 11 is 0. The lowest BCUT2D eigenvalue weighted by Gasteiger charge is -2.26. The Morgan fingerprint density at radius 3 is 2.48 bits per heavy atom. The molecule has 1 N–H and O–H groups in total. The Kier molecular flexibility index (Phi) is 4.08. The Bertz CT molecular complexity index is 1450. The molecule has 0 unspecified atom stereocenters. The van der Waals surface area contributed by atoms with Gasteiger partial charge in [0.05, 0.1) is 11.2 Å². The molecule has 0 bridgehead atoms. The average Bonchev–Trinajstić information content (AvgIpc) is 3.39. The van der Waals surface area contributed by atoms with Gasteiger partial charge in [-0.05, 0) is 52.7 Å². The summed E-state index contributed by atoms with van der Waals surface area (Å²) in [7, 11) is 0. The summed E-state index contributed by atoms with van der Waals surface area (Å²) < 4.78 is 4.73. The fourth-order valence-electron chi connectivity index (χ4n) is 6.22. The zero-order chi connectivity index (χ0) is 21.3. The molecular weight excluding hydrogens is 380 g/mol. The Balaban J connectivity index is 1.63. The number of hydrogen-bond acceptors (Lipinski definition) is 1. The zero-order valence-corrected chi connectivity index (χ0v) is 18.9. The van der Waals surface area contributed by atoms with Gasteiger partial charge in [0.1, 0.15) is 0 Å². The van der Waals surface area contributed by atoms with Gasteiger partial charge in [-0.2, -0.15) is 5.10 Å². The lowest BCUT2D eigenvalue weighted by molar-refractivity contribution is 0.346. The minimum atomic E-state index is 0.630. The molecule has 4 heteroatoms. The second-order valence-electron chi connectivity index (χ2n) is 9.40. The molecule has 1 fully saturated rings. The molecule has 1 aromatic carbocycles. The van der Waals surface area contributed by atoms with E-state index in [0.717, 1.165) is 5.69 Å². The minimum absolute atomic E-state index is 0.630. The summed E-state index contributed by atoms with van der Waals surface area (Å²) in [5.74, 6) is 0. The molecule has 4 aromatic heterocycles. The maximum atomic E-state index is 5.00. The number of H-pyrrole nitrogens is 1. The first-order chi connectivity index (χ1) is 15.0. The normalized spacial score (nSPS) is 15.6. The predicted octanol–water partition coefficient (Wildman–Crippen LogP) is 7.18. The molecule has 0 spiro atoms. The van der Waals surface area contributed by atoms with Crippen LogP contribution in [0.1, 0.15) is 60.9 Å². The number of nitrogens with one attached hydrogen (secondary N) is 1. The van der Waals surface area contributed by atoms with E-state index in [0.29, 0.717) is 6.04 Å². The smallest absolute Gasteiger partial charge is 0.0749 e. The van der Waals surface area contributed by atoms with E-state index in [1.165, 1.54) is 87.5 Å². The fourth-order valence-corrected chi connectivity index (χ4v) is 6.22. The van der Waals surface area contributed by atoms with Crippen molar-refractivity contribution >= 4 is 27.2 Å². The molecule has 0 radical (unpaired) electrons. The van der Waals surface area contributed by atoms with Crippen LogP contribution in [0.2, 0.25) is 0 Å². The Morgan fingerprint density at radius 2 is 1.68 bits per heavy atom. The van der Waals surface area contributed by atoms with Gasteiger partial charge < -0.3 is 9.55 Å². The number of para-hydroxylation sites is 1. The Labute approximate surface area is 182 Å². The number of nitrogens with zero attached hydrogens (tertiary/aromatic N) is 3. The van der Waals surface area contributed by atoms with Crippen molar-refractivity contribution in [1.82, 2.24) is 19.2 Å². The predicted molar refractivity (Wildman–Crippen MR) is 129 cm³/mol. The van der Waals surface area contributed by atoms with Crippen LogP contribution < -0.4 is 0 Å². The lowest BCUT2D eigenvalue weighted by Crippen LogP contribution is -2.15. The van der Waals surface area contributed by atoms with E-state index in [4.69, 9.17) is 5.10 Å². The van der Waals surface area contributed by atoms with E-state index < -0.39 is 0 Å². The molecule has 1 aliphatic carbocycles. The number of aromatic amines is 1. The fraction of sp³-hybridized carbons (Fsp3) is 0.370. The van der Waals surface area contributed by atoms with E-state index in [2.05, 4.69) is 78.3 Å². The number of benzene rings is 1. The molecule has 1 aliphatic rings. The van der Waals surface area contributed by atoms with Gasteiger partial charge >= 0.3 is 0 Å². The number of aryl methyl sites for hydroxylation is 4. The summed E-state index contributed by atoms with van der Waals surface area (Å²) in [6.45, 7) is 8.94. The first-order valence-electron chi connectivity index (χ1n) is 11.6. The number of fused-ring (bicyclic) bond motifs is 4. The van der Waals surface area contributed by atoms with Crippen molar-refractivity contribution in [3.05, 3.63) is 59.3 Å². The van der Waals surface area contributed by atoms with Crippen LogP contribution in [0.5, 0.6) is 0 Å². The summed E-state index contributed by atoms with van der Waals surface area (Å²) in [5.41, 5.74) is 10.0. The third-order valence-corrected chi connectivity index (χ3v) is 7.49. The van der Waals surface area contributed by atoms with Crippen molar-refractivity contribution in [3.63, 3.8) is 0 Å². The second-order valence-corrected chi connectivity index (χ2v) is 9.40. The molecule has 4 heterocycles. The van der Waals surface area contributed by atoms with E-state index >= 15 is 0 Å². The van der Waals surface area contributed by atoms with Crippen LogP contribution in [0.4, 0.5) is 0 Å². The summed E-state index contributed by atoms with van der Waals surface area (Å²) in [5, 5.41) is 8.99. The number of hydrogen-bond donors (Lipinski definition) is 1. The maximum absolute atomic E-state index is 5.00. The molecule has 0 amide bonds. The van der Waals surface area contributed by atoms with Crippen molar-refractivity contribution in [3.8, 4) is 11.1 Å². The molecule has 0 atom stereocenters. The maximum Gasteiger partial charge on any atom is 0.0749 e. The molecule has 0 aliphatic heterocycles. The van der Waals surface area contributed by atoms with Gasteiger partial charge in [-0.25, -0.2) is 4.52 Å². The van der Waals surface area contributed by atoms with Crippen LogP contribution in [-0.4, -0.2) is 19.2 Å². The molecule has 1 saturated carbocycles. The molecule has 5 aromatic rings. The van der Waals surface area contributed by atoms with E-state index in [1.807, 2.05) is 0 Å². The van der Waals surface area contributed by atoms with Crippen LogP contribution in [0.15, 0.2) is 36.5 Å². The highest BCUT2D eigenvalue weighted by atomic mass is 15.2. The van der Waals surface area contributed by atoms with Gasteiger partial charge in [0, 0.05) is 62.1 Å². The van der Waals surface area contributed by atoms with Gasteiger partial charge in [-0.1, -0.05) is 37.5 Å². The highest BCUT2D eigenvalue weighted by Crippen LogP contribution is 2.40. The lowest BCUT2D eigenvalue weighted by atomic mass is 9.95. The van der Waals surface area contributed by atoms with Gasteiger partial charge in [-0.15, -0.1) is 0 Å². The Hall–Kier alpha value is -3.01. The topological polar surface area (TPSA) is 38.0 Å². The SMILES string of the molecule is Cc1[nH]c2ccccc2c1-c1cc2c3c(C)n(C4CCCCC4)c(C)c3c(C)nn2c1. The molecule has 158 valence electrons. The van der Waals surface area contributed by atoms with E-state index in [1.54, 1.807) is 0 Å². The van der Waals surface area contributed by atoms with Gasteiger partial charge in [0.15, 0.2) is 0 Å². The number of aromatic nitrogens is 4. The monoisotopic (exact) mass is 410 g/mol. The van der Waals surface area contributed by atoms with Crippen molar-refractivity contribution in [2.75, 3.05) is 0 Å². The minimum Gasteiger partial charge on any atom is -0.358 e. The van der Waals surface area contributed by atoms with Crippen LogP contribution in [0, 0.1) is 27.7 Å². The molecule has 0 saturated heterocycles.